The lowest BCUT2D eigenvalue weighted by Crippen LogP contribution is -2.33. The van der Waals surface area contributed by atoms with Gasteiger partial charge < -0.3 is 9.42 Å². The van der Waals surface area contributed by atoms with E-state index in [9.17, 15) is 22.0 Å². The second-order valence-corrected chi connectivity index (χ2v) is 10.7. The summed E-state index contributed by atoms with van der Waals surface area (Å²) in [7, 11) is -4.07. The molecule has 2 aliphatic rings. The number of carbonyl (C=O) groups excluding carboxylic acids is 1. The number of likely N-dealkylation sites (tertiary alicyclic amines) is 1. The number of nitrogens with one attached hydrogen (secondary N) is 1. The predicted molar refractivity (Wildman–Crippen MR) is 126 cm³/mol. The van der Waals surface area contributed by atoms with Crippen LogP contribution in [0.2, 0.25) is 0 Å². The molecule has 1 unspecified atom stereocenters. The number of rotatable bonds is 6. The minimum Gasteiger partial charge on any atom is -0.336 e. The van der Waals surface area contributed by atoms with Gasteiger partial charge in [0.25, 0.3) is 21.8 Å². The third-order valence-electron chi connectivity index (χ3n) is 6.68. The fourth-order valence-corrected chi connectivity index (χ4v) is 5.64. The van der Waals surface area contributed by atoms with Crippen molar-refractivity contribution >= 4 is 21.9 Å². The first kappa shape index (κ1) is 24.3. The number of hydrogen-bond donors (Lipinski definition) is 1. The summed E-state index contributed by atoms with van der Waals surface area (Å²) >= 11 is 0. The van der Waals surface area contributed by atoms with E-state index in [2.05, 4.69) is 14.9 Å². The molecule has 1 N–H and O–H groups in total. The van der Waals surface area contributed by atoms with Crippen LogP contribution < -0.4 is 4.72 Å². The summed E-state index contributed by atoms with van der Waals surface area (Å²) in [5.74, 6) is -1.87. The van der Waals surface area contributed by atoms with Crippen LogP contribution in [-0.4, -0.2) is 53.9 Å². The first-order chi connectivity index (χ1) is 17.2. The highest BCUT2D eigenvalue weighted by molar-refractivity contribution is 7.92. The Morgan fingerprint density at radius 2 is 1.78 bits per heavy atom. The van der Waals surface area contributed by atoms with Crippen molar-refractivity contribution in [2.24, 2.45) is 0 Å². The van der Waals surface area contributed by atoms with Gasteiger partial charge in [-0.15, -0.1) is 0 Å². The molecule has 3 aromatic rings. The molecule has 1 saturated heterocycles. The SMILES string of the molecule is CC(c1cc(F)cc(F)c1)N1CCc2ccc(S(=O)(=O)Nc3nc(C(=O)N4CCCC4)no3)cc2C1. The van der Waals surface area contributed by atoms with Crippen LogP contribution in [0.15, 0.2) is 45.8 Å². The van der Waals surface area contributed by atoms with Gasteiger partial charge in [-0.2, -0.15) is 4.98 Å². The quantitative estimate of drug-likeness (QED) is 0.533. The summed E-state index contributed by atoms with van der Waals surface area (Å²) in [6.07, 6.45) is 2.46. The Morgan fingerprint density at radius 3 is 2.50 bits per heavy atom. The number of carbonyl (C=O) groups is 1. The number of fused-ring (bicyclic) bond motifs is 1. The van der Waals surface area contributed by atoms with Crippen LogP contribution in [0.25, 0.3) is 0 Å². The molecule has 1 aromatic heterocycles. The highest BCUT2D eigenvalue weighted by Crippen LogP contribution is 2.30. The first-order valence-corrected chi connectivity index (χ1v) is 13.2. The number of anilines is 1. The van der Waals surface area contributed by atoms with E-state index >= 15 is 0 Å². The number of hydrogen-bond acceptors (Lipinski definition) is 7. The molecule has 0 bridgehead atoms. The molecule has 1 amide bonds. The molecule has 9 nitrogen and oxygen atoms in total. The summed E-state index contributed by atoms with van der Waals surface area (Å²) < 4.78 is 60.6. The van der Waals surface area contributed by atoms with Crippen LogP contribution in [0.1, 0.15) is 53.1 Å². The zero-order valence-electron chi connectivity index (χ0n) is 19.6. The van der Waals surface area contributed by atoms with E-state index in [0.717, 1.165) is 30.0 Å². The maximum atomic E-state index is 13.7. The Kier molecular flexibility index (Phi) is 6.47. The maximum Gasteiger partial charge on any atom is 0.335 e. The molecule has 0 saturated carbocycles. The fourth-order valence-electron chi connectivity index (χ4n) is 4.67. The Labute approximate surface area is 207 Å². The molecule has 36 heavy (non-hydrogen) atoms. The summed E-state index contributed by atoms with van der Waals surface area (Å²) in [6.45, 7) is 4.14. The van der Waals surface area contributed by atoms with E-state index in [1.165, 1.54) is 18.2 Å². The zero-order chi connectivity index (χ0) is 25.4. The molecule has 0 spiro atoms. The Hall–Kier alpha value is -3.38. The van der Waals surface area contributed by atoms with Gasteiger partial charge in [0.1, 0.15) is 11.6 Å². The molecule has 2 aromatic carbocycles. The van der Waals surface area contributed by atoms with Crippen LogP contribution in [0, 0.1) is 11.6 Å². The third-order valence-corrected chi connectivity index (χ3v) is 7.99. The van der Waals surface area contributed by atoms with Crippen molar-refractivity contribution in [3.63, 3.8) is 0 Å². The monoisotopic (exact) mass is 517 g/mol. The summed E-state index contributed by atoms with van der Waals surface area (Å²) in [5, 5.41) is 3.61. The molecular formula is C24H25F2N5O4S. The normalized spacial score (nSPS) is 17.1. The highest BCUT2D eigenvalue weighted by Gasteiger charge is 2.27. The van der Waals surface area contributed by atoms with Crippen LogP contribution >= 0.6 is 0 Å². The third kappa shape index (κ3) is 4.96. The Bertz CT molecular complexity index is 1380. The van der Waals surface area contributed by atoms with E-state index in [4.69, 9.17) is 4.52 Å². The van der Waals surface area contributed by atoms with Crippen molar-refractivity contribution in [1.82, 2.24) is 19.9 Å². The molecule has 3 heterocycles. The van der Waals surface area contributed by atoms with Gasteiger partial charge in [-0.05, 0) is 72.3 Å². The van der Waals surface area contributed by atoms with Crippen LogP contribution in [-0.2, 0) is 23.0 Å². The number of sulfonamides is 1. The van der Waals surface area contributed by atoms with E-state index in [1.54, 1.807) is 17.0 Å². The zero-order valence-corrected chi connectivity index (χ0v) is 20.4. The lowest BCUT2D eigenvalue weighted by molar-refractivity contribution is 0.0777. The number of halogens is 2. The largest absolute Gasteiger partial charge is 0.336 e. The summed E-state index contributed by atoms with van der Waals surface area (Å²) in [4.78, 5) is 19.9. The minimum absolute atomic E-state index is 0.00169. The topological polar surface area (TPSA) is 109 Å². The maximum absolute atomic E-state index is 13.7. The van der Waals surface area contributed by atoms with Crippen LogP contribution in [0.5, 0.6) is 0 Å². The standard InChI is InChI=1S/C24H25F2N5O4S/c1-15(17-10-19(25)13-20(26)11-17)31-9-6-16-4-5-21(12-18(16)14-31)36(33,34)29-24-27-22(28-35-24)23(32)30-7-2-3-8-30/h4-5,10-13,15H,2-3,6-9,14H2,1H3,(H,27,28,29). The Morgan fingerprint density at radius 1 is 1.06 bits per heavy atom. The molecular weight excluding hydrogens is 492 g/mol. The van der Waals surface area contributed by atoms with Crippen LogP contribution in [0.3, 0.4) is 0 Å². The van der Waals surface area contributed by atoms with Gasteiger partial charge in [-0.1, -0.05) is 6.07 Å². The molecule has 2 aliphatic heterocycles. The van der Waals surface area contributed by atoms with Crippen LogP contribution in [0.4, 0.5) is 14.8 Å². The average molecular weight is 518 g/mol. The molecule has 5 rings (SSSR count). The Balaban J connectivity index is 1.32. The van der Waals surface area contributed by atoms with E-state index < -0.39 is 33.6 Å². The van der Waals surface area contributed by atoms with Crippen molar-refractivity contribution < 1.29 is 26.5 Å². The molecule has 1 atom stereocenters. The molecule has 1 fully saturated rings. The van der Waals surface area contributed by atoms with Gasteiger partial charge in [-0.3, -0.25) is 9.69 Å². The number of benzene rings is 2. The second-order valence-electron chi connectivity index (χ2n) is 9.06. The predicted octanol–water partition coefficient (Wildman–Crippen LogP) is 3.50. The van der Waals surface area contributed by atoms with E-state index in [-0.39, 0.29) is 16.8 Å². The van der Waals surface area contributed by atoms with Gasteiger partial charge in [0.05, 0.1) is 4.90 Å². The van der Waals surface area contributed by atoms with Crippen molar-refractivity contribution in [1.29, 1.82) is 0 Å². The van der Waals surface area contributed by atoms with E-state index in [1.807, 2.05) is 11.8 Å². The minimum atomic E-state index is -4.07. The van der Waals surface area contributed by atoms with Gasteiger partial charge in [0, 0.05) is 38.3 Å². The first-order valence-electron chi connectivity index (χ1n) is 11.7. The number of nitrogens with zero attached hydrogens (tertiary/aromatic N) is 4. The van der Waals surface area contributed by atoms with Gasteiger partial charge in [-0.25, -0.2) is 21.9 Å². The average Bonchev–Trinajstić information content (AvgIpc) is 3.54. The lowest BCUT2D eigenvalue weighted by Gasteiger charge is -2.34. The molecule has 12 heteroatoms. The van der Waals surface area contributed by atoms with Crippen molar-refractivity contribution in [2.75, 3.05) is 24.4 Å². The van der Waals surface area contributed by atoms with E-state index in [0.29, 0.717) is 38.2 Å². The fraction of sp³-hybridized carbons (Fsp3) is 0.375. The van der Waals surface area contributed by atoms with Gasteiger partial charge >= 0.3 is 6.01 Å². The lowest BCUT2D eigenvalue weighted by atomic mass is 9.97. The smallest absolute Gasteiger partial charge is 0.335 e. The van der Waals surface area contributed by atoms with Gasteiger partial charge in [0.2, 0.25) is 0 Å². The number of amides is 1. The van der Waals surface area contributed by atoms with Crippen molar-refractivity contribution in [3.8, 4) is 0 Å². The molecule has 190 valence electrons. The van der Waals surface area contributed by atoms with Crippen molar-refractivity contribution in [2.45, 2.75) is 43.7 Å². The van der Waals surface area contributed by atoms with Gasteiger partial charge in [0.15, 0.2) is 0 Å². The molecule has 0 radical (unpaired) electrons. The van der Waals surface area contributed by atoms with Crippen molar-refractivity contribution in [3.05, 3.63) is 70.5 Å². The highest BCUT2D eigenvalue weighted by atomic mass is 32.2. The summed E-state index contributed by atoms with van der Waals surface area (Å²) in [5.41, 5.74) is 2.31. The molecule has 0 aliphatic carbocycles. The number of aromatic nitrogens is 2. The second kappa shape index (κ2) is 9.58. The summed E-state index contributed by atoms with van der Waals surface area (Å²) in [6, 6.07) is 7.60.